The molecule has 2 aromatic carbocycles. The van der Waals surface area contributed by atoms with Crippen LogP contribution in [0.5, 0.6) is 0 Å². The molecule has 0 spiro atoms. The minimum absolute atomic E-state index is 0.0146. The predicted molar refractivity (Wildman–Crippen MR) is 121 cm³/mol. The van der Waals surface area contributed by atoms with Crippen molar-refractivity contribution in [2.24, 2.45) is 0 Å². The number of hydrogen-bond acceptors (Lipinski definition) is 8. The number of amides is 2. The van der Waals surface area contributed by atoms with E-state index in [0.717, 1.165) is 6.07 Å². The normalized spacial score (nSPS) is 11.1. The molecule has 11 nitrogen and oxygen atoms in total. The number of benzene rings is 2. The molecular formula is C23H25N3O8. The third kappa shape index (κ3) is 7.69. The van der Waals surface area contributed by atoms with Crippen molar-refractivity contribution in [2.75, 3.05) is 18.5 Å². The molecule has 0 radical (unpaired) electrons. The average molecular weight is 471 g/mol. The topological polar surface area (TPSA) is 154 Å². The lowest BCUT2D eigenvalue weighted by molar-refractivity contribution is -0.384. The third-order valence-electron chi connectivity index (χ3n) is 4.54. The van der Waals surface area contributed by atoms with Crippen LogP contribution in [0.15, 0.2) is 48.5 Å². The first kappa shape index (κ1) is 26.0. The van der Waals surface area contributed by atoms with Crippen molar-refractivity contribution < 1.29 is 33.6 Å². The summed E-state index contributed by atoms with van der Waals surface area (Å²) in [6.07, 6.45) is -0.0546. The lowest BCUT2D eigenvalue weighted by Crippen LogP contribution is -2.42. The molecular weight excluding hydrogens is 446 g/mol. The van der Waals surface area contributed by atoms with Gasteiger partial charge in [0.2, 0.25) is 0 Å². The molecule has 1 unspecified atom stereocenters. The molecule has 0 aromatic heterocycles. The zero-order valence-corrected chi connectivity index (χ0v) is 18.7. The number of anilines is 1. The lowest BCUT2D eigenvalue weighted by atomic mass is 10.1. The van der Waals surface area contributed by atoms with E-state index >= 15 is 0 Å². The van der Waals surface area contributed by atoms with E-state index in [0.29, 0.717) is 5.69 Å². The first-order valence-electron chi connectivity index (χ1n) is 10.5. The van der Waals surface area contributed by atoms with Crippen molar-refractivity contribution in [3.63, 3.8) is 0 Å². The van der Waals surface area contributed by atoms with E-state index < -0.39 is 34.7 Å². The summed E-state index contributed by atoms with van der Waals surface area (Å²) in [7, 11) is 0. The summed E-state index contributed by atoms with van der Waals surface area (Å²) in [6.45, 7) is 3.62. The molecule has 2 aromatic rings. The Morgan fingerprint density at radius 2 is 1.62 bits per heavy atom. The monoisotopic (exact) mass is 471 g/mol. The van der Waals surface area contributed by atoms with E-state index in [2.05, 4.69) is 10.6 Å². The first-order valence-corrected chi connectivity index (χ1v) is 10.5. The van der Waals surface area contributed by atoms with Crippen LogP contribution in [0.4, 0.5) is 11.4 Å². The molecule has 0 aliphatic heterocycles. The Hall–Kier alpha value is -4.28. The minimum Gasteiger partial charge on any atom is -0.466 e. The second-order valence-corrected chi connectivity index (χ2v) is 6.96. The van der Waals surface area contributed by atoms with Crippen LogP contribution in [0.3, 0.4) is 0 Å². The van der Waals surface area contributed by atoms with Crippen molar-refractivity contribution in [3.05, 3.63) is 69.8 Å². The van der Waals surface area contributed by atoms with Gasteiger partial charge < -0.3 is 20.1 Å². The van der Waals surface area contributed by atoms with Gasteiger partial charge in [-0.1, -0.05) is 6.07 Å². The molecule has 2 rings (SSSR count). The Kier molecular flexibility index (Phi) is 9.69. The summed E-state index contributed by atoms with van der Waals surface area (Å²) in [5.41, 5.74) is 0.463. The molecule has 11 heteroatoms. The fourth-order valence-corrected chi connectivity index (χ4v) is 2.90. The molecule has 0 aliphatic carbocycles. The highest BCUT2D eigenvalue weighted by Crippen LogP contribution is 2.16. The second kappa shape index (κ2) is 12.7. The van der Waals surface area contributed by atoms with Gasteiger partial charge in [-0.3, -0.25) is 24.5 Å². The van der Waals surface area contributed by atoms with Gasteiger partial charge in [-0.2, -0.15) is 0 Å². The summed E-state index contributed by atoms with van der Waals surface area (Å²) < 4.78 is 9.81. The minimum atomic E-state index is -1.04. The molecule has 34 heavy (non-hydrogen) atoms. The number of carbonyl (C=O) groups is 4. The Labute approximate surface area is 195 Å². The van der Waals surface area contributed by atoms with Crippen molar-refractivity contribution in [1.82, 2.24) is 5.32 Å². The Bertz CT molecular complexity index is 1050. The number of nitro benzene ring substituents is 1. The van der Waals surface area contributed by atoms with Crippen molar-refractivity contribution in [1.29, 1.82) is 0 Å². The number of nitro groups is 1. The van der Waals surface area contributed by atoms with Crippen LogP contribution in [-0.4, -0.2) is 47.9 Å². The van der Waals surface area contributed by atoms with Crippen molar-refractivity contribution >= 4 is 35.1 Å². The van der Waals surface area contributed by atoms with Gasteiger partial charge in [0, 0.05) is 35.4 Å². The summed E-state index contributed by atoms with van der Waals surface area (Å²) >= 11 is 0. The summed E-state index contributed by atoms with van der Waals surface area (Å²) in [5.74, 6) is -2.28. The van der Waals surface area contributed by atoms with Crippen LogP contribution in [0.1, 0.15) is 47.4 Å². The van der Waals surface area contributed by atoms with Crippen LogP contribution in [0.2, 0.25) is 0 Å². The van der Waals surface area contributed by atoms with Gasteiger partial charge in [-0.15, -0.1) is 0 Å². The molecule has 0 bridgehead atoms. The number of non-ortho nitro benzene ring substituents is 1. The fraction of sp³-hybridized carbons (Fsp3) is 0.304. The maximum Gasteiger partial charge on any atom is 0.328 e. The molecule has 1 atom stereocenters. The van der Waals surface area contributed by atoms with E-state index in [1.807, 2.05) is 0 Å². The SMILES string of the molecule is CCOC(=O)CCC(NC(=O)c1ccc(NC(=O)c2cccc([N+](=O)[O-])c2)cc1)C(=O)OCC. The van der Waals surface area contributed by atoms with E-state index in [1.165, 1.54) is 42.5 Å². The van der Waals surface area contributed by atoms with Crippen LogP contribution in [0.25, 0.3) is 0 Å². The second-order valence-electron chi connectivity index (χ2n) is 6.96. The average Bonchev–Trinajstić information content (AvgIpc) is 2.82. The Morgan fingerprint density at radius 3 is 2.24 bits per heavy atom. The van der Waals surface area contributed by atoms with Crippen LogP contribution >= 0.6 is 0 Å². The maximum absolute atomic E-state index is 12.6. The summed E-state index contributed by atoms with van der Waals surface area (Å²) in [4.78, 5) is 59.0. The highest BCUT2D eigenvalue weighted by atomic mass is 16.6. The molecule has 2 N–H and O–H groups in total. The van der Waals surface area contributed by atoms with E-state index in [4.69, 9.17) is 9.47 Å². The number of nitrogens with one attached hydrogen (secondary N) is 2. The molecule has 2 amide bonds. The van der Waals surface area contributed by atoms with Gasteiger partial charge in [-0.25, -0.2) is 4.79 Å². The molecule has 0 saturated heterocycles. The molecule has 0 heterocycles. The van der Waals surface area contributed by atoms with Crippen LogP contribution in [-0.2, 0) is 19.1 Å². The third-order valence-corrected chi connectivity index (χ3v) is 4.54. The number of nitrogens with zero attached hydrogens (tertiary/aromatic N) is 1. The number of esters is 2. The van der Waals surface area contributed by atoms with E-state index in [-0.39, 0.29) is 42.9 Å². The standard InChI is InChI=1S/C23H25N3O8/c1-3-33-20(27)13-12-19(23(30)34-4-2)25-21(28)15-8-10-17(11-9-15)24-22(29)16-6-5-7-18(14-16)26(31)32/h5-11,14,19H,3-4,12-13H2,1-2H3,(H,24,29)(H,25,28). The summed E-state index contributed by atoms with van der Waals surface area (Å²) in [5, 5.41) is 16.0. The van der Waals surface area contributed by atoms with Crippen molar-refractivity contribution in [3.8, 4) is 0 Å². The molecule has 180 valence electrons. The quantitative estimate of drug-likeness (QED) is 0.288. The van der Waals surface area contributed by atoms with Gasteiger partial charge in [-0.05, 0) is 50.6 Å². The molecule has 0 saturated carbocycles. The Morgan fingerprint density at radius 1 is 0.941 bits per heavy atom. The van der Waals surface area contributed by atoms with Crippen LogP contribution < -0.4 is 10.6 Å². The zero-order valence-electron chi connectivity index (χ0n) is 18.7. The van der Waals surface area contributed by atoms with E-state index in [9.17, 15) is 29.3 Å². The number of carbonyl (C=O) groups excluding carboxylic acids is 4. The lowest BCUT2D eigenvalue weighted by Gasteiger charge is -2.17. The van der Waals surface area contributed by atoms with Gasteiger partial charge in [0.15, 0.2) is 0 Å². The number of ether oxygens (including phenoxy) is 2. The smallest absolute Gasteiger partial charge is 0.328 e. The van der Waals surface area contributed by atoms with Gasteiger partial charge in [0.05, 0.1) is 18.1 Å². The number of hydrogen-bond donors (Lipinski definition) is 2. The molecule has 0 aliphatic rings. The van der Waals surface area contributed by atoms with Gasteiger partial charge in [0.25, 0.3) is 17.5 Å². The fourth-order valence-electron chi connectivity index (χ4n) is 2.90. The zero-order chi connectivity index (χ0) is 25.1. The Balaban J connectivity index is 2.03. The van der Waals surface area contributed by atoms with Crippen LogP contribution in [0, 0.1) is 10.1 Å². The predicted octanol–water partition coefficient (Wildman–Crippen LogP) is 2.85. The highest BCUT2D eigenvalue weighted by Gasteiger charge is 2.24. The van der Waals surface area contributed by atoms with Gasteiger partial charge in [0.1, 0.15) is 6.04 Å². The van der Waals surface area contributed by atoms with Crippen molar-refractivity contribution in [2.45, 2.75) is 32.7 Å². The largest absolute Gasteiger partial charge is 0.466 e. The number of rotatable bonds is 11. The summed E-state index contributed by atoms with van der Waals surface area (Å²) in [6, 6.07) is 10.1. The maximum atomic E-state index is 12.6. The van der Waals surface area contributed by atoms with E-state index in [1.54, 1.807) is 13.8 Å². The molecule has 0 fully saturated rings. The first-order chi connectivity index (χ1) is 16.2. The highest BCUT2D eigenvalue weighted by molar-refractivity contribution is 6.05. The van der Waals surface area contributed by atoms with Gasteiger partial charge >= 0.3 is 11.9 Å².